The Bertz CT molecular complexity index is 149. The van der Waals surface area contributed by atoms with Gasteiger partial charge in [0.05, 0.1) is 0 Å². The summed E-state index contributed by atoms with van der Waals surface area (Å²) in [5.74, 6) is 2.97. The van der Waals surface area contributed by atoms with Gasteiger partial charge in [0, 0.05) is 0 Å². The summed E-state index contributed by atoms with van der Waals surface area (Å²) in [6, 6.07) is 0. The number of hydrogen-bond donors (Lipinski definition) is 0. The van der Waals surface area contributed by atoms with E-state index in [1.165, 1.54) is 25.7 Å². The van der Waals surface area contributed by atoms with E-state index in [1.807, 2.05) is 0 Å². The molecule has 1 saturated carbocycles. The second-order valence-corrected chi connectivity index (χ2v) is 4.35. The summed E-state index contributed by atoms with van der Waals surface area (Å²) in [5.41, 5.74) is 0. The van der Waals surface area contributed by atoms with Crippen molar-refractivity contribution >= 4 is 6.15 Å². The predicted molar refractivity (Wildman–Crippen MR) is 51.0 cm³/mol. The van der Waals surface area contributed by atoms with Gasteiger partial charge >= 0.3 is 6.15 Å². The Morgan fingerprint density at radius 3 is 1.77 bits per heavy atom. The third-order valence-corrected chi connectivity index (χ3v) is 3.00. The fourth-order valence-corrected chi connectivity index (χ4v) is 1.95. The summed E-state index contributed by atoms with van der Waals surface area (Å²) >= 11 is 0. The molecule has 2 heteroatoms. The lowest BCUT2D eigenvalue weighted by Gasteiger charge is -2.28. The van der Waals surface area contributed by atoms with Gasteiger partial charge in [-0.1, -0.05) is 33.6 Å². The van der Waals surface area contributed by atoms with Crippen molar-refractivity contribution in [1.82, 2.24) is 0 Å². The van der Waals surface area contributed by atoms with E-state index in [0.29, 0.717) is 0 Å². The van der Waals surface area contributed by atoms with E-state index in [1.54, 1.807) is 0 Å². The third kappa shape index (κ3) is 5.59. The third-order valence-electron chi connectivity index (χ3n) is 3.00. The lowest BCUT2D eigenvalue weighted by atomic mass is 9.78. The van der Waals surface area contributed by atoms with Crippen molar-refractivity contribution in [2.75, 3.05) is 0 Å². The van der Waals surface area contributed by atoms with E-state index >= 15 is 0 Å². The molecule has 0 aliphatic heterocycles. The van der Waals surface area contributed by atoms with Crippen LogP contribution in [0.1, 0.15) is 46.5 Å². The maximum absolute atomic E-state index is 8.12. The normalized spacial score (nSPS) is 27.4. The average molecular weight is 184 g/mol. The highest BCUT2D eigenvalue weighted by atomic mass is 16.2. The fraction of sp³-hybridized carbons (Fsp3) is 0.909. The Morgan fingerprint density at radius 1 is 1.08 bits per heavy atom. The van der Waals surface area contributed by atoms with Crippen LogP contribution >= 0.6 is 0 Å². The molecular weight excluding hydrogens is 164 g/mol. The van der Waals surface area contributed by atoms with Crippen molar-refractivity contribution in [3.05, 3.63) is 0 Å². The summed E-state index contributed by atoms with van der Waals surface area (Å²) in [6.07, 6.45) is 6.17. The molecule has 0 atom stereocenters. The summed E-state index contributed by atoms with van der Waals surface area (Å²) < 4.78 is 0. The highest BCUT2D eigenvalue weighted by Gasteiger charge is 2.19. The molecule has 1 aliphatic rings. The van der Waals surface area contributed by atoms with Crippen LogP contribution in [0.5, 0.6) is 0 Å². The van der Waals surface area contributed by atoms with E-state index in [-0.39, 0.29) is 6.15 Å². The molecule has 0 aromatic heterocycles. The quantitative estimate of drug-likeness (QED) is 0.628. The van der Waals surface area contributed by atoms with Crippen LogP contribution in [-0.4, -0.2) is 6.15 Å². The Labute approximate surface area is 80.7 Å². The molecular formula is C11H20O2. The van der Waals surface area contributed by atoms with Crippen LogP contribution in [0.25, 0.3) is 0 Å². The van der Waals surface area contributed by atoms with Gasteiger partial charge in [0.25, 0.3) is 0 Å². The summed E-state index contributed by atoms with van der Waals surface area (Å²) in [7, 11) is 0. The van der Waals surface area contributed by atoms with E-state index in [0.717, 1.165) is 17.8 Å². The van der Waals surface area contributed by atoms with Gasteiger partial charge < -0.3 is 0 Å². The lowest BCUT2D eigenvalue weighted by molar-refractivity contribution is -0.191. The molecule has 0 saturated heterocycles. The molecule has 0 radical (unpaired) electrons. The van der Waals surface area contributed by atoms with Crippen LogP contribution in [0.2, 0.25) is 0 Å². The van der Waals surface area contributed by atoms with E-state index in [4.69, 9.17) is 9.59 Å². The monoisotopic (exact) mass is 184 g/mol. The minimum absolute atomic E-state index is 0.250. The molecule has 0 aromatic rings. The molecule has 13 heavy (non-hydrogen) atoms. The molecule has 1 aliphatic carbocycles. The average Bonchev–Trinajstić information content (AvgIpc) is 2.06. The molecule has 0 heterocycles. The number of rotatable bonds is 1. The summed E-state index contributed by atoms with van der Waals surface area (Å²) in [5, 5.41) is 0. The Morgan fingerprint density at radius 2 is 1.46 bits per heavy atom. The van der Waals surface area contributed by atoms with Crippen molar-refractivity contribution in [2.24, 2.45) is 17.8 Å². The Balaban J connectivity index is 0.000000424. The van der Waals surface area contributed by atoms with Crippen molar-refractivity contribution in [1.29, 1.82) is 0 Å². The Hall–Kier alpha value is -0.620. The second-order valence-electron chi connectivity index (χ2n) is 4.35. The van der Waals surface area contributed by atoms with Crippen LogP contribution in [-0.2, 0) is 9.59 Å². The Kier molecular flexibility index (Phi) is 6.52. The largest absolute Gasteiger partial charge is 0.373 e. The lowest BCUT2D eigenvalue weighted by Crippen LogP contribution is -2.16. The van der Waals surface area contributed by atoms with Gasteiger partial charge in [-0.2, -0.15) is 9.59 Å². The zero-order chi connectivity index (χ0) is 10.3. The zero-order valence-corrected chi connectivity index (χ0v) is 8.88. The first kappa shape index (κ1) is 12.4. The maximum atomic E-state index is 8.12. The molecule has 1 rings (SSSR count). The van der Waals surface area contributed by atoms with Gasteiger partial charge in [0.2, 0.25) is 0 Å². The maximum Gasteiger partial charge on any atom is 0.373 e. The number of carbonyl (C=O) groups excluding carboxylic acids is 2. The van der Waals surface area contributed by atoms with Crippen LogP contribution in [0.4, 0.5) is 0 Å². The molecule has 0 N–H and O–H groups in total. The van der Waals surface area contributed by atoms with Crippen LogP contribution in [0.3, 0.4) is 0 Å². The molecule has 0 bridgehead atoms. The topological polar surface area (TPSA) is 34.1 Å². The van der Waals surface area contributed by atoms with Crippen LogP contribution < -0.4 is 0 Å². The smallest absolute Gasteiger partial charge is 0.186 e. The van der Waals surface area contributed by atoms with Gasteiger partial charge in [-0.05, 0) is 30.6 Å². The van der Waals surface area contributed by atoms with Crippen LogP contribution in [0, 0.1) is 17.8 Å². The minimum atomic E-state index is 0.250. The van der Waals surface area contributed by atoms with Gasteiger partial charge in [0.15, 0.2) is 0 Å². The molecule has 1 fully saturated rings. The highest BCUT2D eigenvalue weighted by Crippen LogP contribution is 2.32. The minimum Gasteiger partial charge on any atom is -0.186 e. The van der Waals surface area contributed by atoms with E-state index < -0.39 is 0 Å². The van der Waals surface area contributed by atoms with Crippen molar-refractivity contribution in [2.45, 2.75) is 46.5 Å². The molecule has 0 spiro atoms. The first-order chi connectivity index (χ1) is 6.11. The first-order valence-electron chi connectivity index (χ1n) is 5.11. The van der Waals surface area contributed by atoms with Gasteiger partial charge in [-0.15, -0.1) is 0 Å². The molecule has 0 unspecified atom stereocenters. The van der Waals surface area contributed by atoms with Crippen molar-refractivity contribution in [3.8, 4) is 0 Å². The SMILES string of the molecule is CC1CCC(C(C)C)CC1.O=C=O. The molecule has 2 nitrogen and oxygen atoms in total. The highest BCUT2D eigenvalue weighted by molar-refractivity contribution is 5.20. The zero-order valence-electron chi connectivity index (χ0n) is 8.88. The van der Waals surface area contributed by atoms with Gasteiger partial charge in [-0.25, -0.2) is 0 Å². The van der Waals surface area contributed by atoms with Crippen LogP contribution in [0.15, 0.2) is 0 Å². The van der Waals surface area contributed by atoms with Crippen molar-refractivity contribution in [3.63, 3.8) is 0 Å². The summed E-state index contributed by atoms with van der Waals surface area (Å²) in [4.78, 5) is 16.2. The van der Waals surface area contributed by atoms with E-state index in [9.17, 15) is 0 Å². The number of hydrogen-bond acceptors (Lipinski definition) is 2. The van der Waals surface area contributed by atoms with Gasteiger partial charge in [0.1, 0.15) is 0 Å². The standard InChI is InChI=1S/C10H20.CO2/c1-8(2)10-6-4-9(3)5-7-10;2-1-3/h8-10H,4-7H2,1-3H3;. The summed E-state index contributed by atoms with van der Waals surface area (Å²) in [6.45, 7) is 7.11. The molecule has 0 aromatic carbocycles. The van der Waals surface area contributed by atoms with E-state index in [2.05, 4.69) is 20.8 Å². The predicted octanol–water partition coefficient (Wildman–Crippen LogP) is 2.89. The second kappa shape index (κ2) is 6.85. The fourth-order valence-electron chi connectivity index (χ4n) is 1.95. The molecule has 0 amide bonds. The molecule has 76 valence electrons. The van der Waals surface area contributed by atoms with Crippen molar-refractivity contribution < 1.29 is 9.59 Å². The van der Waals surface area contributed by atoms with Gasteiger partial charge in [-0.3, -0.25) is 0 Å². The first-order valence-corrected chi connectivity index (χ1v) is 5.11.